The maximum Gasteiger partial charge on any atom is 0.180 e. The Kier molecular flexibility index (Phi) is 5.65. The molecule has 1 heterocycles. The van der Waals surface area contributed by atoms with Crippen molar-refractivity contribution in [2.24, 2.45) is 5.92 Å². The van der Waals surface area contributed by atoms with Crippen LogP contribution < -0.4 is 5.32 Å². The van der Waals surface area contributed by atoms with Crippen LogP contribution in [0.1, 0.15) is 26.7 Å². The summed E-state index contributed by atoms with van der Waals surface area (Å²) >= 11 is 0. The predicted octanol–water partition coefficient (Wildman–Crippen LogP) is 2.62. The van der Waals surface area contributed by atoms with Crippen LogP contribution in [0.25, 0.3) is 0 Å². The molecule has 0 aliphatic carbocycles. The van der Waals surface area contributed by atoms with Crippen LogP contribution in [-0.2, 0) is 9.84 Å². The zero-order valence-corrected chi connectivity index (χ0v) is 13.8. The molecule has 0 amide bonds. The molecule has 0 atom stereocenters. The fourth-order valence-corrected chi connectivity index (χ4v) is 3.87. The van der Waals surface area contributed by atoms with Crippen molar-refractivity contribution in [3.8, 4) is 0 Å². The SMILES string of the molecule is CCN1CCC(CNc2ccccc2S(=O)(=O)CC)CC1. The van der Waals surface area contributed by atoms with Gasteiger partial charge in [0.25, 0.3) is 0 Å². The van der Waals surface area contributed by atoms with Gasteiger partial charge in [-0.1, -0.05) is 26.0 Å². The lowest BCUT2D eigenvalue weighted by molar-refractivity contribution is 0.198. The van der Waals surface area contributed by atoms with Crippen molar-refractivity contribution >= 4 is 15.5 Å². The predicted molar refractivity (Wildman–Crippen MR) is 87.5 cm³/mol. The molecule has 0 saturated carbocycles. The quantitative estimate of drug-likeness (QED) is 0.877. The number of hydrogen-bond acceptors (Lipinski definition) is 4. The molecule has 1 aliphatic heterocycles. The molecule has 118 valence electrons. The van der Waals surface area contributed by atoms with Crippen LogP contribution in [0.3, 0.4) is 0 Å². The Morgan fingerprint density at radius 3 is 2.48 bits per heavy atom. The van der Waals surface area contributed by atoms with Crippen molar-refractivity contribution in [3.05, 3.63) is 24.3 Å². The highest BCUT2D eigenvalue weighted by atomic mass is 32.2. The van der Waals surface area contributed by atoms with E-state index in [0.717, 1.165) is 31.9 Å². The van der Waals surface area contributed by atoms with Crippen LogP contribution in [0.4, 0.5) is 5.69 Å². The number of nitrogens with zero attached hydrogens (tertiary/aromatic N) is 1. The van der Waals surface area contributed by atoms with Gasteiger partial charge in [-0.25, -0.2) is 8.42 Å². The highest BCUT2D eigenvalue weighted by Gasteiger charge is 2.20. The average molecular weight is 310 g/mol. The molecule has 0 unspecified atom stereocenters. The largest absolute Gasteiger partial charge is 0.384 e. The maximum atomic E-state index is 12.1. The molecule has 1 aromatic carbocycles. The van der Waals surface area contributed by atoms with Gasteiger partial charge in [0.15, 0.2) is 9.84 Å². The molecule has 1 N–H and O–H groups in total. The minimum absolute atomic E-state index is 0.139. The normalized spacial score (nSPS) is 17.8. The Morgan fingerprint density at radius 1 is 1.19 bits per heavy atom. The Balaban J connectivity index is 1.98. The summed E-state index contributed by atoms with van der Waals surface area (Å²) in [6, 6.07) is 7.23. The molecule has 1 aliphatic rings. The first-order chi connectivity index (χ1) is 10.1. The molecule has 1 aromatic rings. The summed E-state index contributed by atoms with van der Waals surface area (Å²) in [6.45, 7) is 8.16. The van der Waals surface area contributed by atoms with Crippen LogP contribution in [0, 0.1) is 5.92 Å². The van der Waals surface area contributed by atoms with E-state index in [0.29, 0.717) is 10.8 Å². The fraction of sp³-hybridized carbons (Fsp3) is 0.625. The smallest absolute Gasteiger partial charge is 0.180 e. The summed E-state index contributed by atoms with van der Waals surface area (Å²) in [6.07, 6.45) is 2.37. The highest BCUT2D eigenvalue weighted by molar-refractivity contribution is 7.91. The van der Waals surface area contributed by atoms with Crippen LogP contribution in [0.5, 0.6) is 0 Å². The molecule has 1 saturated heterocycles. The van der Waals surface area contributed by atoms with E-state index in [-0.39, 0.29) is 5.75 Å². The first-order valence-electron chi connectivity index (χ1n) is 7.84. The van der Waals surface area contributed by atoms with Crippen molar-refractivity contribution in [2.45, 2.75) is 31.6 Å². The summed E-state index contributed by atoms with van der Waals surface area (Å²) in [4.78, 5) is 2.89. The van der Waals surface area contributed by atoms with Crippen LogP contribution in [0.2, 0.25) is 0 Å². The van der Waals surface area contributed by atoms with Gasteiger partial charge in [0.05, 0.1) is 16.3 Å². The highest BCUT2D eigenvalue weighted by Crippen LogP contribution is 2.24. The second-order valence-corrected chi connectivity index (χ2v) is 7.90. The first-order valence-corrected chi connectivity index (χ1v) is 9.50. The van der Waals surface area contributed by atoms with Crippen LogP contribution >= 0.6 is 0 Å². The number of benzene rings is 1. The van der Waals surface area contributed by atoms with E-state index in [1.807, 2.05) is 12.1 Å². The van der Waals surface area contributed by atoms with E-state index in [4.69, 9.17) is 0 Å². The Hall–Kier alpha value is -1.07. The molecule has 0 spiro atoms. The van der Waals surface area contributed by atoms with Gasteiger partial charge in [0.2, 0.25) is 0 Å². The van der Waals surface area contributed by atoms with E-state index in [2.05, 4.69) is 17.1 Å². The van der Waals surface area contributed by atoms with E-state index >= 15 is 0 Å². The maximum absolute atomic E-state index is 12.1. The third-order valence-electron chi connectivity index (χ3n) is 4.34. The summed E-state index contributed by atoms with van der Waals surface area (Å²) in [5.41, 5.74) is 0.747. The van der Waals surface area contributed by atoms with Crippen molar-refractivity contribution in [1.82, 2.24) is 4.90 Å². The standard InChI is InChI=1S/C16H26N2O2S/c1-3-18-11-9-14(10-12-18)13-17-15-7-5-6-8-16(15)21(19,20)4-2/h5-8,14,17H,3-4,9-13H2,1-2H3. The third kappa shape index (κ3) is 4.20. The molecule has 0 radical (unpaired) electrons. The summed E-state index contributed by atoms with van der Waals surface area (Å²) in [5, 5.41) is 3.36. The molecule has 0 bridgehead atoms. The van der Waals surface area contributed by atoms with E-state index < -0.39 is 9.84 Å². The summed E-state index contributed by atoms with van der Waals surface area (Å²) in [7, 11) is -3.17. The van der Waals surface area contributed by atoms with E-state index in [1.165, 1.54) is 12.8 Å². The minimum Gasteiger partial charge on any atom is -0.384 e. The third-order valence-corrected chi connectivity index (χ3v) is 6.12. The molecule has 21 heavy (non-hydrogen) atoms. The molecule has 1 fully saturated rings. The van der Waals surface area contributed by atoms with Crippen molar-refractivity contribution in [3.63, 3.8) is 0 Å². The lowest BCUT2D eigenvalue weighted by atomic mass is 9.97. The molecule has 4 nitrogen and oxygen atoms in total. The molecular formula is C16H26N2O2S. The monoisotopic (exact) mass is 310 g/mol. The van der Waals surface area contributed by atoms with E-state index in [1.54, 1.807) is 19.1 Å². The average Bonchev–Trinajstić information content (AvgIpc) is 2.53. The fourth-order valence-electron chi connectivity index (χ4n) is 2.80. The molecule has 0 aromatic heterocycles. The minimum atomic E-state index is -3.17. The van der Waals surface area contributed by atoms with Gasteiger partial charge in [-0.3, -0.25) is 0 Å². The molecule has 5 heteroatoms. The number of para-hydroxylation sites is 1. The number of nitrogens with one attached hydrogen (secondary N) is 1. The van der Waals surface area contributed by atoms with Gasteiger partial charge in [-0.15, -0.1) is 0 Å². The van der Waals surface area contributed by atoms with Gasteiger partial charge in [-0.05, 0) is 50.5 Å². The summed E-state index contributed by atoms with van der Waals surface area (Å²) in [5.74, 6) is 0.769. The second kappa shape index (κ2) is 7.27. The number of anilines is 1. The number of rotatable bonds is 6. The zero-order valence-electron chi connectivity index (χ0n) is 13.0. The topological polar surface area (TPSA) is 49.4 Å². The van der Waals surface area contributed by atoms with Gasteiger partial charge in [0.1, 0.15) is 0 Å². The zero-order chi connectivity index (χ0) is 15.3. The van der Waals surface area contributed by atoms with Crippen LogP contribution in [0.15, 0.2) is 29.2 Å². The van der Waals surface area contributed by atoms with Crippen molar-refractivity contribution in [2.75, 3.05) is 37.2 Å². The number of piperidine rings is 1. The lowest BCUT2D eigenvalue weighted by Gasteiger charge is -2.31. The number of likely N-dealkylation sites (tertiary alicyclic amines) is 1. The van der Waals surface area contributed by atoms with E-state index in [9.17, 15) is 8.42 Å². The molecular weight excluding hydrogens is 284 g/mol. The van der Waals surface area contributed by atoms with Crippen LogP contribution in [-0.4, -0.2) is 45.2 Å². The Labute approximate surface area is 128 Å². The van der Waals surface area contributed by atoms with Gasteiger partial charge < -0.3 is 10.2 Å². The van der Waals surface area contributed by atoms with Gasteiger partial charge in [-0.2, -0.15) is 0 Å². The number of hydrogen-bond donors (Lipinski definition) is 1. The molecule has 2 rings (SSSR count). The second-order valence-electron chi connectivity index (χ2n) is 5.66. The summed E-state index contributed by atoms with van der Waals surface area (Å²) < 4.78 is 24.2. The van der Waals surface area contributed by atoms with Crippen molar-refractivity contribution < 1.29 is 8.42 Å². The Morgan fingerprint density at radius 2 is 1.86 bits per heavy atom. The first kappa shape index (κ1) is 16.3. The van der Waals surface area contributed by atoms with Gasteiger partial charge >= 0.3 is 0 Å². The van der Waals surface area contributed by atoms with Crippen molar-refractivity contribution in [1.29, 1.82) is 0 Å². The van der Waals surface area contributed by atoms with Gasteiger partial charge in [0, 0.05) is 6.54 Å². The number of sulfone groups is 1. The Bertz CT molecular complexity index is 549. The lowest BCUT2D eigenvalue weighted by Crippen LogP contribution is -2.35.